The van der Waals surface area contributed by atoms with Gasteiger partial charge in [-0.15, -0.1) is 0 Å². The van der Waals surface area contributed by atoms with Gasteiger partial charge >= 0.3 is 0 Å². The molecule has 1 amide bonds. The molecule has 1 aromatic rings. The van der Waals surface area contributed by atoms with E-state index in [0.29, 0.717) is 36.0 Å². The summed E-state index contributed by atoms with van der Waals surface area (Å²) in [6.07, 6.45) is 2.13. The molecular formula is C14H18N2O3. The lowest BCUT2D eigenvalue weighted by Gasteiger charge is -2.47. The number of hydrogen-bond donors (Lipinski definition) is 2. The predicted molar refractivity (Wildman–Crippen MR) is 71.0 cm³/mol. The van der Waals surface area contributed by atoms with Crippen LogP contribution in [0.1, 0.15) is 23.2 Å². The lowest BCUT2D eigenvalue weighted by molar-refractivity contribution is -0.0958. The minimum atomic E-state index is -0.674. The molecule has 1 saturated carbocycles. The maximum atomic E-state index is 12.4. The van der Waals surface area contributed by atoms with E-state index < -0.39 is 5.60 Å². The first-order valence-corrected chi connectivity index (χ1v) is 6.49. The predicted octanol–water partition coefficient (Wildman–Crippen LogP) is 0.874. The van der Waals surface area contributed by atoms with Crippen molar-refractivity contribution in [2.24, 2.45) is 5.92 Å². The molecule has 2 aliphatic rings. The van der Waals surface area contributed by atoms with E-state index in [4.69, 9.17) is 10.5 Å². The quantitative estimate of drug-likeness (QED) is 0.793. The van der Waals surface area contributed by atoms with Gasteiger partial charge in [0.05, 0.1) is 20.2 Å². The normalized spacial score (nSPS) is 20.8. The van der Waals surface area contributed by atoms with Crippen LogP contribution in [-0.2, 0) is 0 Å². The SMILES string of the molecule is COc1cccc(N)c1C(=O)N1CC(O)(C2CC2)C1. The van der Waals surface area contributed by atoms with E-state index in [1.54, 1.807) is 23.1 Å². The molecule has 0 atom stereocenters. The third kappa shape index (κ3) is 1.94. The highest BCUT2D eigenvalue weighted by atomic mass is 16.5. The average molecular weight is 262 g/mol. The third-order valence-corrected chi connectivity index (χ3v) is 4.05. The second kappa shape index (κ2) is 4.13. The maximum Gasteiger partial charge on any atom is 0.259 e. The third-order valence-electron chi connectivity index (χ3n) is 4.05. The second-order valence-corrected chi connectivity index (χ2v) is 5.46. The fraction of sp³-hybridized carbons (Fsp3) is 0.500. The summed E-state index contributed by atoms with van der Waals surface area (Å²) in [5, 5.41) is 10.3. The number of nitrogens with two attached hydrogens (primary N) is 1. The molecule has 1 aromatic carbocycles. The van der Waals surface area contributed by atoms with Gasteiger partial charge < -0.3 is 20.5 Å². The fourth-order valence-electron chi connectivity index (χ4n) is 2.74. The monoisotopic (exact) mass is 262 g/mol. The van der Waals surface area contributed by atoms with Gasteiger partial charge in [0.15, 0.2) is 0 Å². The van der Waals surface area contributed by atoms with Crippen LogP contribution in [0.25, 0.3) is 0 Å². The number of ether oxygens (including phenoxy) is 1. The van der Waals surface area contributed by atoms with Crippen LogP contribution in [0.15, 0.2) is 18.2 Å². The number of nitrogens with zero attached hydrogens (tertiary/aromatic N) is 1. The number of likely N-dealkylation sites (tertiary alicyclic amines) is 1. The summed E-state index contributed by atoms with van der Waals surface area (Å²) in [7, 11) is 1.52. The van der Waals surface area contributed by atoms with Crippen LogP contribution < -0.4 is 10.5 Å². The Labute approximate surface area is 112 Å². The van der Waals surface area contributed by atoms with Gasteiger partial charge in [0, 0.05) is 5.69 Å². The van der Waals surface area contributed by atoms with Gasteiger partial charge in [0.1, 0.15) is 16.9 Å². The molecule has 0 aromatic heterocycles. The molecule has 102 valence electrons. The standard InChI is InChI=1S/C14H18N2O3/c1-19-11-4-2-3-10(15)12(11)13(17)16-7-14(18,8-16)9-5-6-9/h2-4,9,18H,5-8,15H2,1H3. The van der Waals surface area contributed by atoms with Crippen LogP contribution in [-0.4, -0.2) is 41.7 Å². The number of benzene rings is 1. The molecule has 1 saturated heterocycles. The second-order valence-electron chi connectivity index (χ2n) is 5.46. The number of anilines is 1. The van der Waals surface area contributed by atoms with Gasteiger partial charge in [-0.2, -0.15) is 0 Å². The summed E-state index contributed by atoms with van der Waals surface area (Å²) < 4.78 is 5.19. The zero-order valence-corrected chi connectivity index (χ0v) is 10.9. The van der Waals surface area contributed by atoms with Gasteiger partial charge in [-0.05, 0) is 30.9 Å². The summed E-state index contributed by atoms with van der Waals surface area (Å²) in [4.78, 5) is 14.0. The Kier molecular flexibility index (Phi) is 2.67. The van der Waals surface area contributed by atoms with E-state index in [1.165, 1.54) is 7.11 Å². The zero-order valence-electron chi connectivity index (χ0n) is 10.9. The Balaban J connectivity index is 1.78. The van der Waals surface area contributed by atoms with Crippen molar-refractivity contribution in [1.29, 1.82) is 0 Å². The topological polar surface area (TPSA) is 75.8 Å². The van der Waals surface area contributed by atoms with Crippen molar-refractivity contribution in [3.63, 3.8) is 0 Å². The molecule has 3 N–H and O–H groups in total. The molecule has 5 nitrogen and oxygen atoms in total. The highest BCUT2D eigenvalue weighted by Gasteiger charge is 2.53. The van der Waals surface area contributed by atoms with E-state index in [1.807, 2.05) is 0 Å². The zero-order chi connectivity index (χ0) is 13.6. The van der Waals surface area contributed by atoms with Gasteiger partial charge in [0.25, 0.3) is 5.91 Å². The van der Waals surface area contributed by atoms with Gasteiger partial charge in [-0.3, -0.25) is 4.79 Å². The van der Waals surface area contributed by atoms with E-state index in [2.05, 4.69) is 0 Å². The Morgan fingerprint density at radius 2 is 2.16 bits per heavy atom. The number of carbonyl (C=O) groups excluding carboxylic acids is 1. The largest absolute Gasteiger partial charge is 0.496 e. The number of β-amino-alcohol motifs (C(OH)–C–C–N with tert-alkyl or cyclic N) is 1. The van der Waals surface area contributed by atoms with Crippen LogP contribution in [0.4, 0.5) is 5.69 Å². The number of carbonyl (C=O) groups is 1. The Morgan fingerprint density at radius 3 is 2.74 bits per heavy atom. The van der Waals surface area contributed by atoms with E-state index in [-0.39, 0.29) is 5.91 Å². The summed E-state index contributed by atoms with van der Waals surface area (Å²) in [5.74, 6) is 0.679. The lowest BCUT2D eigenvalue weighted by atomic mass is 9.88. The molecule has 1 aliphatic heterocycles. The first-order valence-electron chi connectivity index (χ1n) is 6.49. The van der Waals surface area contributed by atoms with Crippen LogP contribution >= 0.6 is 0 Å². The van der Waals surface area contributed by atoms with Gasteiger partial charge in [-0.25, -0.2) is 0 Å². The van der Waals surface area contributed by atoms with E-state index in [0.717, 1.165) is 12.8 Å². The minimum Gasteiger partial charge on any atom is -0.496 e. The number of methoxy groups -OCH3 is 1. The van der Waals surface area contributed by atoms with Crippen molar-refractivity contribution in [2.45, 2.75) is 18.4 Å². The number of rotatable bonds is 3. The van der Waals surface area contributed by atoms with Crippen LogP contribution in [0.2, 0.25) is 0 Å². The number of hydrogen-bond acceptors (Lipinski definition) is 4. The number of nitrogen functional groups attached to an aromatic ring is 1. The molecule has 3 rings (SSSR count). The summed E-state index contributed by atoms with van der Waals surface area (Å²) in [6.45, 7) is 0.794. The Morgan fingerprint density at radius 1 is 1.47 bits per heavy atom. The minimum absolute atomic E-state index is 0.166. The summed E-state index contributed by atoms with van der Waals surface area (Å²) >= 11 is 0. The maximum absolute atomic E-state index is 12.4. The fourth-order valence-corrected chi connectivity index (χ4v) is 2.74. The number of aliphatic hydroxyl groups is 1. The highest BCUT2D eigenvalue weighted by molar-refractivity contribution is 6.02. The van der Waals surface area contributed by atoms with Gasteiger partial charge in [-0.1, -0.05) is 6.07 Å². The Bertz CT molecular complexity index is 519. The lowest BCUT2D eigenvalue weighted by Crippen LogP contribution is -2.64. The smallest absolute Gasteiger partial charge is 0.259 e. The van der Waals surface area contributed by atoms with Crippen molar-refractivity contribution >= 4 is 11.6 Å². The molecule has 1 aliphatic carbocycles. The molecular weight excluding hydrogens is 244 g/mol. The molecule has 0 unspecified atom stereocenters. The molecule has 0 spiro atoms. The van der Waals surface area contributed by atoms with Crippen LogP contribution in [0, 0.1) is 5.92 Å². The van der Waals surface area contributed by atoms with Crippen LogP contribution in [0.3, 0.4) is 0 Å². The highest BCUT2D eigenvalue weighted by Crippen LogP contribution is 2.45. The average Bonchev–Trinajstić information content (AvgIpc) is 3.18. The summed E-state index contributed by atoms with van der Waals surface area (Å²) in [6, 6.07) is 5.15. The first kappa shape index (κ1) is 12.3. The van der Waals surface area contributed by atoms with Crippen molar-refractivity contribution < 1.29 is 14.6 Å². The van der Waals surface area contributed by atoms with Crippen molar-refractivity contribution in [3.8, 4) is 5.75 Å². The van der Waals surface area contributed by atoms with Crippen molar-refractivity contribution in [2.75, 3.05) is 25.9 Å². The van der Waals surface area contributed by atoms with E-state index in [9.17, 15) is 9.90 Å². The first-order chi connectivity index (χ1) is 9.05. The molecule has 2 fully saturated rings. The molecule has 0 radical (unpaired) electrons. The van der Waals surface area contributed by atoms with Crippen LogP contribution in [0.5, 0.6) is 5.75 Å². The van der Waals surface area contributed by atoms with E-state index >= 15 is 0 Å². The molecule has 1 heterocycles. The summed E-state index contributed by atoms with van der Waals surface area (Å²) in [5.41, 5.74) is 5.99. The van der Waals surface area contributed by atoms with Crippen molar-refractivity contribution in [3.05, 3.63) is 23.8 Å². The molecule has 19 heavy (non-hydrogen) atoms. The Hall–Kier alpha value is -1.75. The van der Waals surface area contributed by atoms with Crippen molar-refractivity contribution in [1.82, 2.24) is 4.90 Å². The molecule has 5 heteroatoms. The number of amides is 1. The van der Waals surface area contributed by atoms with Gasteiger partial charge in [0.2, 0.25) is 0 Å². The molecule has 0 bridgehead atoms.